The van der Waals surface area contributed by atoms with Crippen molar-refractivity contribution in [3.63, 3.8) is 0 Å². The molecule has 0 spiro atoms. The summed E-state index contributed by atoms with van der Waals surface area (Å²) in [6, 6.07) is 16.0. The van der Waals surface area contributed by atoms with Crippen molar-refractivity contribution in [1.82, 2.24) is 9.80 Å². The molecule has 2 aromatic carbocycles. The first-order valence-corrected chi connectivity index (χ1v) is 15.5. The maximum Gasteiger partial charge on any atom is 0.322 e. The van der Waals surface area contributed by atoms with Gasteiger partial charge in [0.1, 0.15) is 5.82 Å². The lowest BCUT2D eigenvalue weighted by molar-refractivity contribution is 0.103. The number of halogens is 1. The van der Waals surface area contributed by atoms with Crippen LogP contribution >= 0.6 is 11.3 Å². The van der Waals surface area contributed by atoms with E-state index in [2.05, 4.69) is 40.6 Å². The minimum atomic E-state index is -0.386. The van der Waals surface area contributed by atoms with Crippen molar-refractivity contribution in [2.24, 2.45) is 0 Å². The second kappa shape index (κ2) is 13.5. The van der Waals surface area contributed by atoms with Crippen molar-refractivity contribution in [3.05, 3.63) is 76.2 Å². The number of anilines is 3. The summed E-state index contributed by atoms with van der Waals surface area (Å²) in [4.78, 5) is 33.9. The van der Waals surface area contributed by atoms with Gasteiger partial charge in [-0.3, -0.25) is 4.79 Å². The van der Waals surface area contributed by atoms with Crippen LogP contribution in [0.4, 0.5) is 26.2 Å². The monoisotopic (exact) mass is 577 g/mol. The number of nitrogens with zero attached hydrogens (tertiary/aromatic N) is 3. The van der Waals surface area contributed by atoms with Gasteiger partial charge in [0.25, 0.3) is 5.91 Å². The standard InChI is InChI=1S/C32H40FN5O2S/c1-36-17-15-27(16-18-36)37(2)29-14-13-26(34-31(39)30-12-7-19-41-30)20-23(29)22-38(28-10-4-3-5-11-28)32(40)35-25-9-6-8-24(33)21-25/h6-9,12-14,19-21,27-28H,3-5,10-11,15-18,22H2,1-2H3,(H,34,39)(H,35,40). The summed E-state index contributed by atoms with van der Waals surface area (Å²) in [7, 11) is 4.29. The number of likely N-dealkylation sites (tertiary alicyclic amines) is 1. The Kier molecular flexibility index (Phi) is 9.57. The van der Waals surface area contributed by atoms with Gasteiger partial charge in [-0.1, -0.05) is 31.4 Å². The topological polar surface area (TPSA) is 67.9 Å². The summed E-state index contributed by atoms with van der Waals surface area (Å²) in [6.07, 6.45) is 7.33. The lowest BCUT2D eigenvalue weighted by Gasteiger charge is -2.39. The highest BCUT2D eigenvalue weighted by Crippen LogP contribution is 2.32. The Labute approximate surface area is 246 Å². The Morgan fingerprint density at radius 1 is 0.927 bits per heavy atom. The van der Waals surface area contributed by atoms with Gasteiger partial charge in [0.2, 0.25) is 0 Å². The molecule has 0 atom stereocenters. The van der Waals surface area contributed by atoms with Gasteiger partial charge >= 0.3 is 6.03 Å². The van der Waals surface area contributed by atoms with Crippen LogP contribution in [0.1, 0.15) is 60.2 Å². The second-order valence-corrected chi connectivity index (χ2v) is 12.2. The van der Waals surface area contributed by atoms with Crippen molar-refractivity contribution in [3.8, 4) is 0 Å². The lowest BCUT2D eigenvalue weighted by Crippen LogP contribution is -2.44. The highest BCUT2D eigenvalue weighted by Gasteiger charge is 2.29. The number of benzene rings is 2. The average Bonchev–Trinajstić information content (AvgIpc) is 3.52. The van der Waals surface area contributed by atoms with Crippen molar-refractivity contribution in [1.29, 1.82) is 0 Å². The van der Waals surface area contributed by atoms with E-state index in [0.29, 0.717) is 28.8 Å². The fourth-order valence-corrected chi connectivity index (χ4v) is 6.64. The van der Waals surface area contributed by atoms with Gasteiger partial charge in [0, 0.05) is 42.7 Å². The van der Waals surface area contributed by atoms with Gasteiger partial charge in [-0.05, 0) is 99.2 Å². The zero-order chi connectivity index (χ0) is 28.8. The maximum atomic E-state index is 13.9. The molecule has 41 heavy (non-hydrogen) atoms. The molecule has 0 bridgehead atoms. The predicted molar refractivity (Wildman–Crippen MR) is 165 cm³/mol. The molecule has 1 saturated heterocycles. The van der Waals surface area contributed by atoms with E-state index in [4.69, 9.17) is 0 Å². The molecule has 0 radical (unpaired) electrons. The van der Waals surface area contributed by atoms with E-state index in [1.54, 1.807) is 12.1 Å². The van der Waals surface area contributed by atoms with Gasteiger partial charge in [0.05, 0.1) is 4.88 Å². The Morgan fingerprint density at radius 3 is 2.39 bits per heavy atom. The molecular weight excluding hydrogens is 537 g/mol. The summed E-state index contributed by atoms with van der Waals surface area (Å²) in [5.41, 5.74) is 3.19. The normalized spacial score (nSPS) is 16.8. The highest BCUT2D eigenvalue weighted by atomic mass is 32.1. The Bertz CT molecular complexity index is 1320. The van der Waals surface area contributed by atoms with Gasteiger partial charge in [-0.2, -0.15) is 0 Å². The quantitative estimate of drug-likeness (QED) is 0.302. The van der Waals surface area contributed by atoms with Crippen molar-refractivity contribution >= 4 is 40.3 Å². The smallest absolute Gasteiger partial charge is 0.322 e. The Hall–Kier alpha value is -3.43. The molecule has 1 aliphatic carbocycles. The van der Waals surface area contributed by atoms with E-state index in [1.165, 1.54) is 29.9 Å². The van der Waals surface area contributed by atoms with Gasteiger partial charge in [-0.15, -0.1) is 11.3 Å². The van der Waals surface area contributed by atoms with Crippen molar-refractivity contribution < 1.29 is 14.0 Å². The molecule has 0 unspecified atom stereocenters. The molecule has 2 fully saturated rings. The molecule has 2 aliphatic rings. The summed E-state index contributed by atoms with van der Waals surface area (Å²) < 4.78 is 13.9. The molecule has 1 aromatic heterocycles. The number of rotatable bonds is 8. The van der Waals surface area contributed by atoms with Gasteiger partial charge in [-0.25, -0.2) is 9.18 Å². The molecule has 1 aliphatic heterocycles. The third-order valence-corrected chi connectivity index (χ3v) is 9.26. The van der Waals surface area contributed by atoms with Gasteiger partial charge < -0.3 is 25.3 Å². The number of carbonyl (C=O) groups is 2. The van der Waals surface area contributed by atoms with Gasteiger partial charge in [0.15, 0.2) is 0 Å². The summed E-state index contributed by atoms with van der Waals surface area (Å²) in [6.45, 7) is 2.48. The number of nitrogens with one attached hydrogen (secondary N) is 2. The number of amides is 3. The van der Waals surface area contributed by atoms with Crippen LogP contribution in [0.5, 0.6) is 0 Å². The molecule has 3 aromatic rings. The fraction of sp³-hybridized carbons (Fsp3) is 0.438. The first-order valence-electron chi connectivity index (χ1n) is 14.6. The number of thiophene rings is 1. The van der Waals surface area contributed by atoms with Crippen LogP contribution in [0, 0.1) is 5.82 Å². The first-order chi connectivity index (χ1) is 19.9. The Morgan fingerprint density at radius 2 is 1.68 bits per heavy atom. The average molecular weight is 578 g/mol. The maximum absolute atomic E-state index is 13.9. The molecular formula is C32H40FN5O2S. The van der Waals surface area contributed by atoms with E-state index in [9.17, 15) is 14.0 Å². The molecule has 2 heterocycles. The van der Waals surface area contributed by atoms with E-state index < -0.39 is 0 Å². The predicted octanol–water partition coefficient (Wildman–Crippen LogP) is 7.04. The summed E-state index contributed by atoms with van der Waals surface area (Å²) in [5.74, 6) is -0.529. The molecule has 9 heteroatoms. The van der Waals surface area contributed by atoms with Crippen LogP contribution in [0.2, 0.25) is 0 Å². The molecule has 218 valence electrons. The summed E-state index contributed by atoms with van der Waals surface area (Å²) >= 11 is 1.40. The van der Waals surface area contributed by atoms with E-state index >= 15 is 0 Å². The first kappa shape index (κ1) is 29.1. The van der Waals surface area contributed by atoms with Crippen molar-refractivity contribution in [2.45, 2.75) is 63.6 Å². The molecule has 2 N–H and O–H groups in total. The summed E-state index contributed by atoms with van der Waals surface area (Å²) in [5, 5.41) is 7.88. The minimum Gasteiger partial charge on any atom is -0.371 e. The highest BCUT2D eigenvalue weighted by molar-refractivity contribution is 7.12. The fourth-order valence-electron chi connectivity index (χ4n) is 6.02. The molecule has 7 nitrogen and oxygen atoms in total. The number of hydrogen-bond acceptors (Lipinski definition) is 5. The van der Waals surface area contributed by atoms with Crippen LogP contribution in [0.3, 0.4) is 0 Å². The number of urea groups is 1. The zero-order valence-electron chi connectivity index (χ0n) is 23.9. The molecule has 5 rings (SSSR count). The third kappa shape index (κ3) is 7.45. The lowest BCUT2D eigenvalue weighted by atomic mass is 9.93. The number of hydrogen-bond donors (Lipinski definition) is 2. The molecule has 1 saturated carbocycles. The number of piperidine rings is 1. The number of carbonyl (C=O) groups excluding carboxylic acids is 2. The molecule has 3 amide bonds. The van der Waals surface area contributed by atoms with E-state index in [-0.39, 0.29) is 23.8 Å². The zero-order valence-corrected chi connectivity index (χ0v) is 24.8. The Balaban J connectivity index is 1.45. The third-order valence-electron chi connectivity index (χ3n) is 8.39. The van der Waals surface area contributed by atoms with Crippen LogP contribution in [-0.4, -0.2) is 61.0 Å². The second-order valence-electron chi connectivity index (χ2n) is 11.3. The van der Waals surface area contributed by atoms with E-state index in [1.807, 2.05) is 34.5 Å². The largest absolute Gasteiger partial charge is 0.371 e. The van der Waals surface area contributed by atoms with Crippen LogP contribution in [0.25, 0.3) is 0 Å². The van der Waals surface area contributed by atoms with E-state index in [0.717, 1.165) is 62.9 Å². The van der Waals surface area contributed by atoms with Crippen LogP contribution in [-0.2, 0) is 6.54 Å². The minimum absolute atomic E-state index is 0.0863. The SMILES string of the molecule is CN1CCC(N(C)c2ccc(NC(=O)c3cccs3)cc2CN(C(=O)Nc2cccc(F)c2)C2CCCCC2)CC1. The van der Waals surface area contributed by atoms with Crippen molar-refractivity contribution in [2.75, 3.05) is 42.7 Å². The van der Waals surface area contributed by atoms with Crippen LogP contribution < -0.4 is 15.5 Å². The van der Waals surface area contributed by atoms with Crippen LogP contribution in [0.15, 0.2) is 60.0 Å².